The van der Waals surface area contributed by atoms with Crippen LogP contribution in [-0.4, -0.2) is 29.5 Å². The number of nitriles is 1. The Bertz CT molecular complexity index is 1060. The number of anilines is 1. The number of rotatable bonds is 8. The van der Waals surface area contributed by atoms with Crippen LogP contribution in [0.15, 0.2) is 52.9 Å². The average molecular weight is 471 g/mol. The second-order valence-corrected chi connectivity index (χ2v) is 8.56. The number of nitrogens with one attached hydrogen (secondary N) is 1. The molecule has 8 heteroatoms. The van der Waals surface area contributed by atoms with Gasteiger partial charge in [-0.3, -0.25) is 4.90 Å². The maximum Gasteiger partial charge on any atom is 0.236 e. The number of oxazole rings is 1. The van der Waals surface area contributed by atoms with Crippen molar-refractivity contribution in [3.8, 4) is 11.8 Å². The molecule has 166 valence electrons. The van der Waals surface area contributed by atoms with Crippen molar-refractivity contribution in [2.45, 2.75) is 31.9 Å². The molecular weight excluding hydrogens is 447 g/mol. The Kier molecular flexibility index (Phi) is 7.54. The Hall–Kier alpha value is -2.72. The zero-order valence-electron chi connectivity index (χ0n) is 17.6. The van der Waals surface area contributed by atoms with E-state index >= 15 is 0 Å². The van der Waals surface area contributed by atoms with Gasteiger partial charge >= 0.3 is 0 Å². The first-order valence-electron chi connectivity index (χ1n) is 10.6. The summed E-state index contributed by atoms with van der Waals surface area (Å²) in [4.78, 5) is 6.73. The molecular formula is C24H24Cl2N4O2. The highest BCUT2D eigenvalue weighted by Gasteiger charge is 2.23. The molecule has 2 aromatic carbocycles. The number of halogens is 2. The molecule has 4 rings (SSSR count). The first kappa shape index (κ1) is 22.5. The number of likely N-dealkylation sites (tertiary alicyclic amines) is 1. The van der Waals surface area contributed by atoms with E-state index in [0.29, 0.717) is 34.1 Å². The molecule has 6 nitrogen and oxygen atoms in total. The van der Waals surface area contributed by atoms with Crippen molar-refractivity contribution < 1.29 is 9.15 Å². The summed E-state index contributed by atoms with van der Waals surface area (Å²) in [6, 6.07) is 17.2. The molecule has 1 saturated heterocycles. The molecule has 0 bridgehead atoms. The SMILES string of the molecule is N#Cc1nc(COc2ccc(Cl)cc2)oc1NCC(c1ccc(Cl)cc1)N1CCCCC1. The van der Waals surface area contributed by atoms with Gasteiger partial charge < -0.3 is 14.5 Å². The van der Waals surface area contributed by atoms with Crippen LogP contribution < -0.4 is 10.1 Å². The Morgan fingerprint density at radius 3 is 2.34 bits per heavy atom. The third-order valence-electron chi connectivity index (χ3n) is 5.50. The summed E-state index contributed by atoms with van der Waals surface area (Å²) in [6.45, 7) is 2.78. The van der Waals surface area contributed by atoms with E-state index in [-0.39, 0.29) is 18.3 Å². The predicted molar refractivity (Wildman–Crippen MR) is 125 cm³/mol. The van der Waals surface area contributed by atoms with Crippen molar-refractivity contribution in [3.05, 3.63) is 75.7 Å². The Balaban J connectivity index is 1.45. The second kappa shape index (κ2) is 10.7. The van der Waals surface area contributed by atoms with Crippen LogP contribution in [0, 0.1) is 11.3 Å². The van der Waals surface area contributed by atoms with E-state index in [0.717, 1.165) is 13.1 Å². The van der Waals surface area contributed by atoms with E-state index in [4.69, 9.17) is 32.4 Å². The lowest BCUT2D eigenvalue weighted by Gasteiger charge is -2.35. The zero-order chi connectivity index (χ0) is 22.3. The summed E-state index contributed by atoms with van der Waals surface area (Å²) in [5.41, 5.74) is 1.39. The molecule has 1 N–H and O–H groups in total. The summed E-state index contributed by atoms with van der Waals surface area (Å²) >= 11 is 12.0. The lowest BCUT2D eigenvalue weighted by atomic mass is 10.0. The molecule has 0 aliphatic carbocycles. The van der Waals surface area contributed by atoms with Crippen molar-refractivity contribution in [2.24, 2.45) is 0 Å². The lowest BCUT2D eigenvalue weighted by molar-refractivity contribution is 0.170. The number of benzene rings is 2. The third kappa shape index (κ3) is 5.74. The topological polar surface area (TPSA) is 74.3 Å². The van der Waals surface area contributed by atoms with Gasteiger partial charge in [-0.05, 0) is 67.9 Å². The lowest BCUT2D eigenvalue weighted by Crippen LogP contribution is -2.37. The number of hydrogen-bond donors (Lipinski definition) is 1. The standard InChI is InChI=1S/C24H24Cl2N4O2/c25-18-6-4-17(5-7-18)22(30-12-2-1-3-13-30)15-28-24-21(14-27)29-23(32-24)16-31-20-10-8-19(26)9-11-20/h4-11,22,28H,1-3,12-13,15-16H2. The summed E-state index contributed by atoms with van der Waals surface area (Å²) in [5, 5.41) is 14.2. The smallest absolute Gasteiger partial charge is 0.236 e. The normalized spacial score (nSPS) is 15.2. The molecule has 32 heavy (non-hydrogen) atoms. The van der Waals surface area contributed by atoms with E-state index < -0.39 is 0 Å². The highest BCUT2D eigenvalue weighted by molar-refractivity contribution is 6.30. The Morgan fingerprint density at radius 2 is 1.69 bits per heavy atom. The Labute approximate surface area is 197 Å². The quantitative estimate of drug-likeness (QED) is 0.430. The molecule has 0 saturated carbocycles. The van der Waals surface area contributed by atoms with Crippen LogP contribution in [-0.2, 0) is 6.61 Å². The molecule has 0 radical (unpaired) electrons. The highest BCUT2D eigenvalue weighted by Crippen LogP contribution is 2.27. The zero-order valence-corrected chi connectivity index (χ0v) is 19.1. The van der Waals surface area contributed by atoms with Crippen LogP contribution in [0.3, 0.4) is 0 Å². The summed E-state index contributed by atoms with van der Waals surface area (Å²) < 4.78 is 11.5. The molecule has 1 unspecified atom stereocenters. The van der Waals surface area contributed by atoms with Gasteiger partial charge in [0, 0.05) is 16.6 Å². The van der Waals surface area contributed by atoms with Crippen LogP contribution in [0.2, 0.25) is 10.0 Å². The second-order valence-electron chi connectivity index (χ2n) is 7.68. The predicted octanol–water partition coefficient (Wildman–Crippen LogP) is 6.07. The largest absolute Gasteiger partial charge is 0.484 e. The van der Waals surface area contributed by atoms with Gasteiger partial charge in [-0.1, -0.05) is 41.8 Å². The van der Waals surface area contributed by atoms with Crippen molar-refractivity contribution in [3.63, 3.8) is 0 Å². The molecule has 1 atom stereocenters. The summed E-state index contributed by atoms with van der Waals surface area (Å²) in [7, 11) is 0. The Morgan fingerprint density at radius 1 is 1.03 bits per heavy atom. The maximum atomic E-state index is 9.52. The van der Waals surface area contributed by atoms with E-state index in [2.05, 4.69) is 33.4 Å². The molecule has 2 heterocycles. The van der Waals surface area contributed by atoms with Gasteiger partial charge in [-0.25, -0.2) is 0 Å². The van der Waals surface area contributed by atoms with E-state index in [9.17, 15) is 5.26 Å². The maximum absolute atomic E-state index is 9.52. The average Bonchev–Trinajstić information content (AvgIpc) is 3.23. The van der Waals surface area contributed by atoms with Crippen LogP contribution in [0.1, 0.15) is 42.5 Å². The van der Waals surface area contributed by atoms with Gasteiger partial charge in [0.2, 0.25) is 17.5 Å². The number of hydrogen-bond acceptors (Lipinski definition) is 6. The molecule has 1 aromatic heterocycles. The molecule has 3 aromatic rings. The monoisotopic (exact) mass is 470 g/mol. The van der Waals surface area contributed by atoms with Crippen molar-refractivity contribution in [1.29, 1.82) is 5.26 Å². The minimum Gasteiger partial charge on any atom is -0.484 e. The van der Waals surface area contributed by atoms with Gasteiger partial charge in [0.15, 0.2) is 6.61 Å². The minimum atomic E-state index is 0.116. The highest BCUT2D eigenvalue weighted by atomic mass is 35.5. The van der Waals surface area contributed by atoms with Gasteiger partial charge in [0.25, 0.3) is 0 Å². The van der Waals surface area contributed by atoms with Crippen LogP contribution in [0.5, 0.6) is 5.75 Å². The number of ether oxygens (including phenoxy) is 1. The van der Waals surface area contributed by atoms with Crippen LogP contribution >= 0.6 is 23.2 Å². The van der Waals surface area contributed by atoms with Crippen LogP contribution in [0.4, 0.5) is 5.88 Å². The molecule has 0 spiro atoms. The van der Waals surface area contributed by atoms with Gasteiger partial charge in [-0.15, -0.1) is 0 Å². The van der Waals surface area contributed by atoms with Crippen molar-refractivity contribution >= 4 is 29.1 Å². The van der Waals surface area contributed by atoms with E-state index in [1.807, 2.05) is 12.1 Å². The number of nitrogens with zero attached hydrogens (tertiary/aromatic N) is 3. The van der Waals surface area contributed by atoms with Gasteiger partial charge in [0.05, 0.1) is 6.04 Å². The first-order chi connectivity index (χ1) is 15.6. The first-order valence-corrected chi connectivity index (χ1v) is 11.4. The molecule has 1 aliphatic rings. The summed E-state index contributed by atoms with van der Waals surface area (Å²) in [5.74, 6) is 1.34. The molecule has 0 amide bonds. The van der Waals surface area contributed by atoms with Crippen molar-refractivity contribution in [1.82, 2.24) is 9.88 Å². The summed E-state index contributed by atoms with van der Waals surface area (Å²) in [6.07, 6.45) is 3.62. The fourth-order valence-corrected chi connectivity index (χ4v) is 4.11. The van der Waals surface area contributed by atoms with Gasteiger partial charge in [0.1, 0.15) is 11.8 Å². The van der Waals surface area contributed by atoms with Crippen molar-refractivity contribution in [2.75, 3.05) is 25.0 Å². The number of aromatic nitrogens is 1. The van der Waals surface area contributed by atoms with Crippen LogP contribution in [0.25, 0.3) is 0 Å². The van der Waals surface area contributed by atoms with Gasteiger partial charge in [-0.2, -0.15) is 10.2 Å². The molecule has 1 fully saturated rings. The molecule has 1 aliphatic heterocycles. The third-order valence-corrected chi connectivity index (χ3v) is 6.00. The fourth-order valence-electron chi connectivity index (χ4n) is 3.86. The fraction of sp³-hybridized carbons (Fsp3) is 0.333. The van der Waals surface area contributed by atoms with E-state index in [1.54, 1.807) is 24.3 Å². The number of piperidine rings is 1. The minimum absolute atomic E-state index is 0.116. The van der Waals surface area contributed by atoms with E-state index in [1.165, 1.54) is 24.8 Å².